The average molecular weight is 316 g/mol. The first-order valence-corrected chi connectivity index (χ1v) is 7.03. The molecule has 0 spiro atoms. The van der Waals surface area contributed by atoms with Crippen molar-refractivity contribution in [2.75, 3.05) is 0 Å². The van der Waals surface area contributed by atoms with Gasteiger partial charge in [0, 0.05) is 0 Å². The number of rotatable bonds is 4. The highest BCUT2D eigenvalue weighted by Gasteiger charge is 2.22. The molecule has 0 aliphatic heterocycles. The Morgan fingerprint density at radius 3 is 2.52 bits per heavy atom. The topological polar surface area (TPSA) is 92.8 Å². The third-order valence-corrected chi connectivity index (χ3v) is 3.63. The summed E-state index contributed by atoms with van der Waals surface area (Å²) in [6.45, 7) is 0. The van der Waals surface area contributed by atoms with E-state index < -0.39 is 12.0 Å². The van der Waals surface area contributed by atoms with Crippen LogP contribution in [0.5, 0.6) is 11.5 Å². The van der Waals surface area contributed by atoms with Crippen molar-refractivity contribution in [1.82, 2.24) is 0 Å². The quantitative estimate of drug-likeness (QED) is 0.585. The van der Waals surface area contributed by atoms with E-state index in [2.05, 4.69) is 0 Å². The van der Waals surface area contributed by atoms with E-state index >= 15 is 0 Å². The lowest BCUT2D eigenvalue weighted by atomic mass is 9.97. The van der Waals surface area contributed by atoms with Gasteiger partial charge in [0.25, 0.3) is 0 Å². The van der Waals surface area contributed by atoms with E-state index in [0.717, 1.165) is 25.7 Å². The molecule has 1 aliphatic carbocycles. The fourth-order valence-corrected chi connectivity index (χ4v) is 2.47. The molecule has 0 amide bonds. The minimum atomic E-state index is -0.749. The van der Waals surface area contributed by atoms with Gasteiger partial charge in [-0.25, -0.2) is 0 Å². The third kappa shape index (κ3) is 5.10. The van der Waals surface area contributed by atoms with Crippen molar-refractivity contribution in [2.45, 2.75) is 50.7 Å². The minimum Gasteiger partial charge on any atom is -0.504 e. The van der Waals surface area contributed by atoms with Gasteiger partial charge in [-0.3, -0.25) is 4.79 Å². The molecule has 1 saturated carbocycles. The Labute approximate surface area is 130 Å². The lowest BCUT2D eigenvalue weighted by Gasteiger charge is -2.23. The molecule has 0 saturated heterocycles. The second-order valence-corrected chi connectivity index (χ2v) is 5.33. The molecule has 1 fully saturated rings. The molecule has 2 rings (SSSR count). The van der Waals surface area contributed by atoms with Crippen molar-refractivity contribution in [1.29, 1.82) is 0 Å². The van der Waals surface area contributed by atoms with Crippen LogP contribution in [-0.4, -0.2) is 28.3 Å². The fraction of sp³-hybridized carbons (Fsp3) is 0.533. The Balaban J connectivity index is 0.00000220. The molecule has 1 aliphatic rings. The average Bonchev–Trinajstić information content (AvgIpc) is 2.44. The summed E-state index contributed by atoms with van der Waals surface area (Å²) >= 11 is 0. The third-order valence-electron chi connectivity index (χ3n) is 3.63. The maximum Gasteiger partial charge on any atom is 0.323 e. The highest BCUT2D eigenvalue weighted by atomic mass is 35.5. The van der Waals surface area contributed by atoms with E-state index in [1.54, 1.807) is 6.07 Å². The Kier molecular flexibility index (Phi) is 6.78. The molecule has 1 atom stereocenters. The molecule has 21 heavy (non-hydrogen) atoms. The van der Waals surface area contributed by atoms with Gasteiger partial charge in [-0.15, -0.1) is 12.4 Å². The van der Waals surface area contributed by atoms with Gasteiger partial charge >= 0.3 is 5.97 Å². The zero-order chi connectivity index (χ0) is 14.5. The number of phenolic OH excluding ortho intramolecular Hbond substituents is 2. The van der Waals surface area contributed by atoms with E-state index in [1.165, 1.54) is 18.6 Å². The van der Waals surface area contributed by atoms with Gasteiger partial charge in [0.2, 0.25) is 0 Å². The number of phenols is 2. The molecule has 1 aromatic rings. The predicted molar refractivity (Wildman–Crippen MR) is 81.7 cm³/mol. The standard InChI is InChI=1S/C15H21NO4.ClH/c16-12(8-10-6-7-13(17)14(18)9-10)15(19)20-11-4-2-1-3-5-11;/h6-7,9,11-12,17-18H,1-5,8,16H2;1H/t12-;/m0./s1. The van der Waals surface area contributed by atoms with Crippen LogP contribution in [0, 0.1) is 0 Å². The number of esters is 1. The molecule has 5 nitrogen and oxygen atoms in total. The van der Waals surface area contributed by atoms with Crippen molar-refractivity contribution in [3.8, 4) is 11.5 Å². The van der Waals surface area contributed by atoms with E-state index in [0.29, 0.717) is 5.56 Å². The number of nitrogens with two attached hydrogens (primary N) is 1. The van der Waals surface area contributed by atoms with E-state index in [1.807, 2.05) is 0 Å². The number of ether oxygens (including phenoxy) is 1. The number of hydrogen-bond acceptors (Lipinski definition) is 5. The van der Waals surface area contributed by atoms with Crippen LogP contribution in [0.25, 0.3) is 0 Å². The lowest BCUT2D eigenvalue weighted by Crippen LogP contribution is -2.37. The normalized spacial score (nSPS) is 16.8. The SMILES string of the molecule is Cl.N[C@@H](Cc1ccc(O)c(O)c1)C(=O)OC1CCCCC1. The van der Waals surface area contributed by atoms with Gasteiger partial charge in [-0.1, -0.05) is 12.5 Å². The summed E-state index contributed by atoms with van der Waals surface area (Å²) < 4.78 is 5.40. The Hall–Kier alpha value is -1.46. The molecular weight excluding hydrogens is 294 g/mol. The largest absolute Gasteiger partial charge is 0.504 e. The number of carbonyl (C=O) groups excluding carboxylic acids is 1. The molecule has 6 heteroatoms. The van der Waals surface area contributed by atoms with Gasteiger partial charge < -0.3 is 20.7 Å². The molecule has 0 radical (unpaired) electrons. The van der Waals surface area contributed by atoms with E-state index in [4.69, 9.17) is 10.5 Å². The predicted octanol–water partition coefficient (Wildman–Crippen LogP) is 2.27. The second-order valence-electron chi connectivity index (χ2n) is 5.33. The zero-order valence-corrected chi connectivity index (χ0v) is 12.6. The van der Waals surface area contributed by atoms with Crippen LogP contribution in [0.3, 0.4) is 0 Å². The number of hydrogen-bond donors (Lipinski definition) is 3. The summed E-state index contributed by atoms with van der Waals surface area (Å²) in [6, 6.07) is 3.66. The van der Waals surface area contributed by atoms with Crippen LogP contribution in [-0.2, 0) is 16.0 Å². The van der Waals surface area contributed by atoms with Crippen molar-refractivity contribution >= 4 is 18.4 Å². The highest BCUT2D eigenvalue weighted by Crippen LogP contribution is 2.25. The van der Waals surface area contributed by atoms with Gasteiger partial charge in [0.15, 0.2) is 11.5 Å². The van der Waals surface area contributed by atoms with Crippen LogP contribution >= 0.6 is 12.4 Å². The molecule has 118 valence electrons. The van der Waals surface area contributed by atoms with E-state index in [-0.39, 0.29) is 36.4 Å². The number of benzene rings is 1. The van der Waals surface area contributed by atoms with Crippen molar-refractivity contribution in [3.05, 3.63) is 23.8 Å². The molecule has 0 heterocycles. The van der Waals surface area contributed by atoms with Crippen LogP contribution < -0.4 is 5.73 Å². The maximum atomic E-state index is 11.9. The summed E-state index contributed by atoms with van der Waals surface area (Å²) in [4.78, 5) is 11.9. The van der Waals surface area contributed by atoms with Gasteiger partial charge in [0.05, 0.1) is 0 Å². The molecular formula is C15H22ClNO4. The van der Waals surface area contributed by atoms with Crippen molar-refractivity contribution in [3.63, 3.8) is 0 Å². The molecule has 1 aromatic carbocycles. The van der Waals surface area contributed by atoms with Crippen LogP contribution in [0.15, 0.2) is 18.2 Å². The lowest BCUT2D eigenvalue weighted by molar-refractivity contribution is -0.152. The first-order chi connectivity index (χ1) is 9.56. The molecule has 0 bridgehead atoms. The highest BCUT2D eigenvalue weighted by molar-refractivity contribution is 5.85. The zero-order valence-electron chi connectivity index (χ0n) is 11.8. The summed E-state index contributed by atoms with van der Waals surface area (Å²) in [6.07, 6.45) is 5.50. The molecule has 0 aromatic heterocycles. The number of halogens is 1. The first kappa shape index (κ1) is 17.6. The van der Waals surface area contributed by atoms with Crippen LogP contribution in [0.2, 0.25) is 0 Å². The smallest absolute Gasteiger partial charge is 0.323 e. The summed E-state index contributed by atoms with van der Waals surface area (Å²) in [5, 5.41) is 18.6. The minimum absolute atomic E-state index is 0. The van der Waals surface area contributed by atoms with Crippen LogP contribution in [0.1, 0.15) is 37.7 Å². The molecule has 4 N–H and O–H groups in total. The van der Waals surface area contributed by atoms with Gasteiger partial charge in [0.1, 0.15) is 12.1 Å². The maximum absolute atomic E-state index is 11.9. The Bertz CT molecular complexity index is 475. The van der Waals surface area contributed by atoms with Gasteiger partial charge in [-0.05, 0) is 49.8 Å². The molecule has 0 unspecified atom stereocenters. The summed E-state index contributed by atoms with van der Waals surface area (Å²) in [5.74, 6) is -0.799. The number of aromatic hydroxyl groups is 2. The summed E-state index contributed by atoms with van der Waals surface area (Å²) in [5.41, 5.74) is 6.52. The monoisotopic (exact) mass is 315 g/mol. The Morgan fingerprint density at radius 1 is 1.24 bits per heavy atom. The van der Waals surface area contributed by atoms with Crippen LogP contribution in [0.4, 0.5) is 0 Å². The fourth-order valence-electron chi connectivity index (χ4n) is 2.47. The summed E-state index contributed by atoms with van der Waals surface area (Å²) in [7, 11) is 0. The van der Waals surface area contributed by atoms with Crippen molar-refractivity contribution in [2.24, 2.45) is 5.73 Å². The van der Waals surface area contributed by atoms with E-state index in [9.17, 15) is 15.0 Å². The second kappa shape index (κ2) is 8.10. The Morgan fingerprint density at radius 2 is 1.90 bits per heavy atom. The van der Waals surface area contributed by atoms with Crippen molar-refractivity contribution < 1.29 is 19.7 Å². The first-order valence-electron chi connectivity index (χ1n) is 7.03. The van der Waals surface area contributed by atoms with Gasteiger partial charge in [-0.2, -0.15) is 0 Å². The number of carbonyl (C=O) groups is 1.